The van der Waals surface area contributed by atoms with Crippen molar-refractivity contribution in [2.24, 2.45) is 0 Å². The molecule has 2 aromatic carbocycles. The Balaban J connectivity index is 2.25. The molecule has 0 radical (unpaired) electrons. The fourth-order valence-corrected chi connectivity index (χ4v) is 2.76. The van der Waals surface area contributed by atoms with E-state index in [-0.39, 0.29) is 6.10 Å². The molecule has 0 bridgehead atoms. The summed E-state index contributed by atoms with van der Waals surface area (Å²) in [5.41, 5.74) is 2.91. The molecular weight excluding hydrogens is 316 g/mol. The van der Waals surface area contributed by atoms with Crippen LogP contribution in [0.2, 0.25) is 0 Å². The number of methoxy groups -OCH3 is 1. The quantitative estimate of drug-likeness (QED) is 0.770. The molecule has 1 N–H and O–H groups in total. The third-order valence-electron chi connectivity index (χ3n) is 4.12. The van der Waals surface area contributed by atoms with Gasteiger partial charge in [-0.15, -0.1) is 0 Å². The molecule has 0 aliphatic rings. The molecule has 0 aliphatic heterocycles. The van der Waals surface area contributed by atoms with Crippen LogP contribution in [-0.4, -0.2) is 24.3 Å². The second-order valence-corrected chi connectivity index (χ2v) is 6.34. The highest BCUT2D eigenvalue weighted by atomic mass is 16.5. The van der Waals surface area contributed by atoms with Crippen molar-refractivity contribution >= 4 is 5.97 Å². The number of rotatable bonds is 8. The standard InChI is InChI=1S/C21H26O4/c1-5-15-6-9-17(10-7-15)18(21(22)23)12-16-8-11-19(25-14(2)3)20(13-16)24-4/h6-11,13-14,18H,5,12H2,1-4H3,(H,22,23). The van der Waals surface area contributed by atoms with Crippen LogP contribution in [-0.2, 0) is 17.6 Å². The first-order chi connectivity index (χ1) is 11.9. The van der Waals surface area contributed by atoms with Crippen LogP contribution in [0.25, 0.3) is 0 Å². The highest BCUT2D eigenvalue weighted by Crippen LogP contribution is 2.31. The monoisotopic (exact) mass is 342 g/mol. The number of hydrogen-bond donors (Lipinski definition) is 1. The molecule has 0 amide bonds. The van der Waals surface area contributed by atoms with Crippen LogP contribution in [0, 0.1) is 0 Å². The maximum atomic E-state index is 11.8. The fourth-order valence-electron chi connectivity index (χ4n) is 2.76. The number of carboxylic acids is 1. The van der Waals surface area contributed by atoms with E-state index in [0.717, 1.165) is 17.5 Å². The summed E-state index contributed by atoms with van der Waals surface area (Å²) in [4.78, 5) is 11.8. The summed E-state index contributed by atoms with van der Waals surface area (Å²) in [7, 11) is 1.59. The number of aryl methyl sites for hydroxylation is 1. The lowest BCUT2D eigenvalue weighted by atomic mass is 9.91. The molecule has 134 valence electrons. The Hall–Kier alpha value is -2.49. The van der Waals surface area contributed by atoms with Gasteiger partial charge in [0.2, 0.25) is 0 Å². The van der Waals surface area contributed by atoms with Gasteiger partial charge in [-0.2, -0.15) is 0 Å². The molecule has 0 aromatic heterocycles. The van der Waals surface area contributed by atoms with Gasteiger partial charge in [-0.3, -0.25) is 4.79 Å². The average Bonchev–Trinajstić information content (AvgIpc) is 2.60. The molecule has 2 aromatic rings. The van der Waals surface area contributed by atoms with E-state index in [1.165, 1.54) is 5.56 Å². The van der Waals surface area contributed by atoms with E-state index in [1.54, 1.807) is 7.11 Å². The van der Waals surface area contributed by atoms with Gasteiger partial charge < -0.3 is 14.6 Å². The van der Waals surface area contributed by atoms with Gasteiger partial charge in [0.15, 0.2) is 11.5 Å². The summed E-state index contributed by atoms with van der Waals surface area (Å²) >= 11 is 0. The number of aliphatic carboxylic acids is 1. The molecule has 25 heavy (non-hydrogen) atoms. The molecule has 0 aliphatic carbocycles. The van der Waals surface area contributed by atoms with Crippen LogP contribution in [0.15, 0.2) is 42.5 Å². The van der Waals surface area contributed by atoms with Crippen LogP contribution in [0.1, 0.15) is 43.4 Å². The van der Waals surface area contributed by atoms with E-state index in [9.17, 15) is 9.90 Å². The summed E-state index contributed by atoms with van der Waals surface area (Å²) in [6.07, 6.45) is 1.38. The third kappa shape index (κ3) is 4.99. The number of hydrogen-bond acceptors (Lipinski definition) is 3. The molecule has 4 nitrogen and oxygen atoms in total. The third-order valence-corrected chi connectivity index (χ3v) is 4.12. The normalized spacial score (nSPS) is 12.0. The number of carboxylic acid groups (broad SMARTS) is 1. The molecule has 0 heterocycles. The van der Waals surface area contributed by atoms with Crippen molar-refractivity contribution in [3.63, 3.8) is 0 Å². The highest BCUT2D eigenvalue weighted by Gasteiger charge is 2.21. The Morgan fingerprint density at radius 2 is 1.68 bits per heavy atom. The minimum atomic E-state index is -0.828. The fraction of sp³-hybridized carbons (Fsp3) is 0.381. The molecule has 0 fully saturated rings. The Labute approximate surface area is 149 Å². The lowest BCUT2D eigenvalue weighted by Crippen LogP contribution is -2.14. The number of carbonyl (C=O) groups is 1. The maximum absolute atomic E-state index is 11.8. The van der Waals surface area contributed by atoms with Crippen molar-refractivity contribution in [3.8, 4) is 11.5 Å². The van der Waals surface area contributed by atoms with Gasteiger partial charge in [0, 0.05) is 0 Å². The number of ether oxygens (including phenoxy) is 2. The highest BCUT2D eigenvalue weighted by molar-refractivity contribution is 5.76. The van der Waals surface area contributed by atoms with Gasteiger partial charge in [0.1, 0.15) is 0 Å². The zero-order valence-corrected chi connectivity index (χ0v) is 15.3. The summed E-state index contributed by atoms with van der Waals surface area (Å²) in [5.74, 6) is -0.129. The number of benzene rings is 2. The summed E-state index contributed by atoms with van der Waals surface area (Å²) < 4.78 is 11.1. The first-order valence-corrected chi connectivity index (χ1v) is 8.59. The minimum absolute atomic E-state index is 0.0450. The van der Waals surface area contributed by atoms with Gasteiger partial charge in [-0.1, -0.05) is 37.3 Å². The smallest absolute Gasteiger partial charge is 0.311 e. The van der Waals surface area contributed by atoms with E-state index in [4.69, 9.17) is 9.47 Å². The van der Waals surface area contributed by atoms with Crippen LogP contribution in [0.5, 0.6) is 11.5 Å². The predicted molar refractivity (Wildman–Crippen MR) is 98.7 cm³/mol. The second kappa shape index (κ2) is 8.56. The topological polar surface area (TPSA) is 55.8 Å². The Morgan fingerprint density at radius 1 is 1.04 bits per heavy atom. The molecule has 0 spiro atoms. The lowest BCUT2D eigenvalue weighted by molar-refractivity contribution is -0.138. The summed E-state index contributed by atoms with van der Waals surface area (Å²) in [6.45, 7) is 5.98. The largest absolute Gasteiger partial charge is 0.493 e. The van der Waals surface area contributed by atoms with E-state index in [1.807, 2.05) is 56.3 Å². The van der Waals surface area contributed by atoms with Gasteiger partial charge in [0.05, 0.1) is 19.1 Å². The van der Waals surface area contributed by atoms with Crippen LogP contribution in [0.4, 0.5) is 0 Å². The van der Waals surface area contributed by atoms with Crippen molar-refractivity contribution in [3.05, 3.63) is 59.2 Å². The van der Waals surface area contributed by atoms with E-state index in [2.05, 4.69) is 6.92 Å². The molecule has 0 saturated heterocycles. The molecule has 0 saturated carbocycles. The molecule has 2 rings (SSSR count). The van der Waals surface area contributed by atoms with E-state index < -0.39 is 11.9 Å². The van der Waals surface area contributed by atoms with Gasteiger partial charge in [-0.25, -0.2) is 0 Å². The zero-order valence-electron chi connectivity index (χ0n) is 15.3. The molecule has 4 heteroatoms. The maximum Gasteiger partial charge on any atom is 0.311 e. The van der Waals surface area contributed by atoms with Crippen molar-refractivity contribution in [2.75, 3.05) is 7.11 Å². The van der Waals surface area contributed by atoms with Crippen molar-refractivity contribution in [2.45, 2.75) is 45.6 Å². The van der Waals surface area contributed by atoms with Gasteiger partial charge >= 0.3 is 5.97 Å². The van der Waals surface area contributed by atoms with E-state index >= 15 is 0 Å². The van der Waals surface area contributed by atoms with Crippen molar-refractivity contribution < 1.29 is 19.4 Å². The minimum Gasteiger partial charge on any atom is -0.493 e. The zero-order chi connectivity index (χ0) is 18.4. The molecular formula is C21H26O4. The Kier molecular flexibility index (Phi) is 6.45. The Morgan fingerprint density at radius 3 is 2.20 bits per heavy atom. The lowest BCUT2D eigenvalue weighted by Gasteiger charge is -2.17. The predicted octanol–water partition coefficient (Wildman–Crippen LogP) is 4.46. The van der Waals surface area contributed by atoms with Gasteiger partial charge in [0.25, 0.3) is 0 Å². The van der Waals surface area contributed by atoms with Crippen molar-refractivity contribution in [1.29, 1.82) is 0 Å². The van der Waals surface area contributed by atoms with Crippen LogP contribution >= 0.6 is 0 Å². The molecule has 1 unspecified atom stereocenters. The van der Waals surface area contributed by atoms with Crippen molar-refractivity contribution in [1.82, 2.24) is 0 Å². The summed E-state index contributed by atoms with van der Waals surface area (Å²) in [5, 5.41) is 9.66. The first-order valence-electron chi connectivity index (χ1n) is 8.59. The van der Waals surface area contributed by atoms with Crippen LogP contribution < -0.4 is 9.47 Å². The second-order valence-electron chi connectivity index (χ2n) is 6.34. The van der Waals surface area contributed by atoms with Gasteiger partial charge in [-0.05, 0) is 55.5 Å². The van der Waals surface area contributed by atoms with Crippen LogP contribution in [0.3, 0.4) is 0 Å². The van der Waals surface area contributed by atoms with E-state index in [0.29, 0.717) is 17.9 Å². The summed E-state index contributed by atoms with van der Waals surface area (Å²) in [6, 6.07) is 13.4. The first kappa shape index (κ1) is 18.8. The Bertz CT molecular complexity index is 704. The molecule has 1 atom stereocenters. The SMILES string of the molecule is CCc1ccc(C(Cc2ccc(OC(C)C)c(OC)c2)C(=O)O)cc1. The average molecular weight is 342 g/mol.